The van der Waals surface area contributed by atoms with Crippen LogP contribution in [0.25, 0.3) is 0 Å². The van der Waals surface area contributed by atoms with Gasteiger partial charge in [0, 0.05) is 6.54 Å². The Labute approximate surface area is 129 Å². The number of aryl methyl sites for hydroxylation is 3. The predicted molar refractivity (Wildman–Crippen MR) is 82.4 cm³/mol. The fourth-order valence-electron chi connectivity index (χ4n) is 2.02. The summed E-state index contributed by atoms with van der Waals surface area (Å²) in [7, 11) is 0. The molecule has 1 aromatic heterocycles. The molecule has 22 heavy (non-hydrogen) atoms. The summed E-state index contributed by atoms with van der Waals surface area (Å²) in [5, 5.41) is 15.3. The van der Waals surface area contributed by atoms with Gasteiger partial charge in [-0.25, -0.2) is 9.78 Å². The number of hydrogen-bond donors (Lipinski definition) is 3. The van der Waals surface area contributed by atoms with E-state index >= 15 is 0 Å². The van der Waals surface area contributed by atoms with Crippen molar-refractivity contribution in [1.29, 1.82) is 0 Å². The number of carbonyl (C=O) groups is 1. The average molecular weight is 303 g/mol. The molecule has 0 aliphatic carbocycles. The number of aliphatic hydroxyl groups is 1. The molecule has 0 saturated carbocycles. The Hall–Kier alpha value is -2.34. The number of aliphatic hydroxyl groups excluding tert-OH is 1. The Morgan fingerprint density at radius 3 is 2.73 bits per heavy atom. The van der Waals surface area contributed by atoms with Crippen LogP contribution in [-0.2, 0) is 6.54 Å². The summed E-state index contributed by atoms with van der Waals surface area (Å²) < 4.78 is 5.37. The van der Waals surface area contributed by atoms with Crippen molar-refractivity contribution in [3.8, 4) is 0 Å². The van der Waals surface area contributed by atoms with E-state index in [0.717, 1.165) is 22.6 Å². The molecule has 0 fully saturated rings. The second kappa shape index (κ2) is 7.09. The second-order valence-electron chi connectivity index (χ2n) is 5.24. The fourth-order valence-corrected chi connectivity index (χ4v) is 2.02. The molecule has 1 atom stereocenters. The topological polar surface area (TPSA) is 87.4 Å². The lowest BCUT2D eigenvalue weighted by Gasteiger charge is -2.13. The van der Waals surface area contributed by atoms with E-state index in [-0.39, 0.29) is 19.1 Å². The molecule has 0 spiro atoms. The Kier molecular flexibility index (Phi) is 5.16. The van der Waals surface area contributed by atoms with Crippen molar-refractivity contribution in [1.82, 2.24) is 15.6 Å². The zero-order valence-corrected chi connectivity index (χ0v) is 13.0. The second-order valence-corrected chi connectivity index (χ2v) is 5.24. The molecular weight excluding hydrogens is 282 g/mol. The first kappa shape index (κ1) is 16.0. The molecule has 0 saturated heterocycles. The van der Waals surface area contributed by atoms with Crippen molar-refractivity contribution in [2.24, 2.45) is 0 Å². The van der Waals surface area contributed by atoms with E-state index in [4.69, 9.17) is 4.42 Å². The minimum absolute atomic E-state index is 0.138. The van der Waals surface area contributed by atoms with Crippen LogP contribution in [0.5, 0.6) is 0 Å². The number of rotatable bonds is 5. The van der Waals surface area contributed by atoms with Gasteiger partial charge in [-0.15, -0.1) is 0 Å². The van der Waals surface area contributed by atoms with Crippen molar-refractivity contribution in [2.45, 2.75) is 33.4 Å². The summed E-state index contributed by atoms with van der Waals surface area (Å²) in [5.41, 5.74) is 2.65. The summed E-state index contributed by atoms with van der Waals surface area (Å²) in [6, 6.07) is 7.18. The number of nitrogens with zero attached hydrogens (tertiary/aromatic N) is 1. The highest BCUT2D eigenvalue weighted by Gasteiger charge is 2.11. The molecule has 118 valence electrons. The minimum Gasteiger partial charge on any atom is -0.444 e. The zero-order chi connectivity index (χ0) is 16.1. The van der Waals surface area contributed by atoms with Gasteiger partial charge in [0.2, 0.25) is 5.89 Å². The highest BCUT2D eigenvalue weighted by atomic mass is 16.4. The molecule has 1 heterocycles. The summed E-state index contributed by atoms with van der Waals surface area (Å²) in [4.78, 5) is 15.9. The molecule has 6 nitrogen and oxygen atoms in total. The third-order valence-electron chi connectivity index (χ3n) is 3.36. The third-order valence-corrected chi connectivity index (χ3v) is 3.36. The van der Waals surface area contributed by atoms with Gasteiger partial charge in [0.25, 0.3) is 0 Å². The van der Waals surface area contributed by atoms with Gasteiger partial charge >= 0.3 is 6.03 Å². The minimum atomic E-state index is -0.739. The first-order chi connectivity index (χ1) is 10.5. The lowest BCUT2D eigenvalue weighted by molar-refractivity contribution is 0.173. The Balaban J connectivity index is 1.77. The van der Waals surface area contributed by atoms with Gasteiger partial charge in [-0.3, -0.25) is 0 Å². The van der Waals surface area contributed by atoms with Crippen LogP contribution < -0.4 is 10.6 Å². The molecule has 2 rings (SSSR count). The number of oxazole rings is 1. The van der Waals surface area contributed by atoms with Gasteiger partial charge in [-0.2, -0.15) is 0 Å². The summed E-state index contributed by atoms with van der Waals surface area (Å²) >= 11 is 0. The van der Waals surface area contributed by atoms with Crippen LogP contribution in [0.1, 0.15) is 34.6 Å². The zero-order valence-electron chi connectivity index (χ0n) is 13.0. The van der Waals surface area contributed by atoms with Crippen molar-refractivity contribution in [3.05, 3.63) is 52.7 Å². The van der Waals surface area contributed by atoms with Gasteiger partial charge in [-0.1, -0.05) is 29.8 Å². The quantitative estimate of drug-likeness (QED) is 0.789. The van der Waals surface area contributed by atoms with Crippen molar-refractivity contribution in [2.75, 3.05) is 6.54 Å². The Morgan fingerprint density at radius 2 is 2.09 bits per heavy atom. The molecule has 3 N–H and O–H groups in total. The van der Waals surface area contributed by atoms with E-state index in [1.807, 2.05) is 45.0 Å². The van der Waals surface area contributed by atoms with Gasteiger partial charge in [-0.05, 0) is 26.3 Å². The summed E-state index contributed by atoms with van der Waals surface area (Å²) in [5.74, 6) is 1.21. The lowest BCUT2D eigenvalue weighted by atomic mass is 10.1. The first-order valence-corrected chi connectivity index (χ1v) is 7.15. The standard InChI is InChI=1S/C16H21N3O3/c1-10-5-4-6-13(7-10)14(20)8-17-16(21)18-9-15-19-11(2)12(3)22-15/h4-7,14,20H,8-9H2,1-3H3,(H2,17,18,21). The van der Waals surface area contributed by atoms with Crippen LogP contribution in [0, 0.1) is 20.8 Å². The first-order valence-electron chi connectivity index (χ1n) is 7.15. The molecule has 1 unspecified atom stereocenters. The number of nitrogens with one attached hydrogen (secondary N) is 2. The van der Waals surface area contributed by atoms with Crippen LogP contribution in [0.2, 0.25) is 0 Å². The van der Waals surface area contributed by atoms with E-state index in [0.29, 0.717) is 5.89 Å². The van der Waals surface area contributed by atoms with Crippen molar-refractivity contribution >= 4 is 6.03 Å². The molecule has 2 amide bonds. The molecule has 6 heteroatoms. The molecule has 0 bridgehead atoms. The van der Waals surface area contributed by atoms with Crippen molar-refractivity contribution < 1.29 is 14.3 Å². The van der Waals surface area contributed by atoms with E-state index in [1.54, 1.807) is 0 Å². The van der Waals surface area contributed by atoms with E-state index in [9.17, 15) is 9.90 Å². The number of benzene rings is 1. The maximum absolute atomic E-state index is 11.7. The number of carbonyl (C=O) groups excluding carboxylic acids is 1. The normalized spacial score (nSPS) is 12.0. The third kappa shape index (κ3) is 4.33. The molecule has 0 aliphatic heterocycles. The van der Waals surface area contributed by atoms with E-state index < -0.39 is 6.10 Å². The fraction of sp³-hybridized carbons (Fsp3) is 0.375. The summed E-state index contributed by atoms with van der Waals surface area (Å²) in [6.07, 6.45) is -0.739. The monoisotopic (exact) mass is 303 g/mol. The SMILES string of the molecule is Cc1cccc(C(O)CNC(=O)NCc2nc(C)c(C)o2)c1. The largest absolute Gasteiger partial charge is 0.444 e. The van der Waals surface area contributed by atoms with E-state index in [1.165, 1.54) is 0 Å². The highest BCUT2D eigenvalue weighted by Crippen LogP contribution is 2.13. The van der Waals surface area contributed by atoms with Gasteiger partial charge in [0.15, 0.2) is 0 Å². The maximum atomic E-state index is 11.7. The number of amides is 2. The van der Waals surface area contributed by atoms with Gasteiger partial charge < -0.3 is 20.2 Å². The number of aromatic nitrogens is 1. The van der Waals surface area contributed by atoms with Crippen LogP contribution in [0.4, 0.5) is 4.79 Å². The van der Waals surface area contributed by atoms with Gasteiger partial charge in [0.05, 0.1) is 18.3 Å². The molecule has 1 aromatic carbocycles. The van der Waals surface area contributed by atoms with E-state index in [2.05, 4.69) is 15.6 Å². The molecular formula is C16H21N3O3. The predicted octanol–water partition coefficient (Wildman–Crippen LogP) is 2.13. The van der Waals surface area contributed by atoms with Crippen molar-refractivity contribution in [3.63, 3.8) is 0 Å². The molecule has 0 aliphatic rings. The Bertz CT molecular complexity index is 632. The highest BCUT2D eigenvalue weighted by molar-refractivity contribution is 5.73. The molecule has 0 radical (unpaired) electrons. The van der Waals surface area contributed by atoms with Gasteiger partial charge in [0.1, 0.15) is 5.76 Å². The smallest absolute Gasteiger partial charge is 0.315 e. The molecule has 2 aromatic rings. The summed E-state index contributed by atoms with van der Waals surface area (Å²) in [6.45, 7) is 5.97. The van der Waals surface area contributed by atoms with Crippen LogP contribution in [-0.4, -0.2) is 22.7 Å². The average Bonchev–Trinajstić information content (AvgIpc) is 2.81. The Morgan fingerprint density at radius 1 is 1.32 bits per heavy atom. The van der Waals surface area contributed by atoms with Crippen LogP contribution in [0.15, 0.2) is 28.7 Å². The lowest BCUT2D eigenvalue weighted by Crippen LogP contribution is -2.37. The maximum Gasteiger partial charge on any atom is 0.315 e. The van der Waals surface area contributed by atoms with Crippen LogP contribution >= 0.6 is 0 Å². The van der Waals surface area contributed by atoms with Crippen LogP contribution in [0.3, 0.4) is 0 Å². The number of urea groups is 1. The number of hydrogen-bond acceptors (Lipinski definition) is 4.